The molecular formula is C11H19N3. The van der Waals surface area contributed by atoms with Gasteiger partial charge in [-0.2, -0.15) is 0 Å². The van der Waals surface area contributed by atoms with Crippen LogP contribution >= 0.6 is 0 Å². The fraction of sp³-hybridized carbons (Fsp3) is 0.455. The second-order valence-electron chi connectivity index (χ2n) is 3.86. The first-order chi connectivity index (χ1) is 6.58. The molecule has 0 aliphatic rings. The largest absolute Gasteiger partial charge is 0.328 e. The summed E-state index contributed by atoms with van der Waals surface area (Å²) in [5, 5.41) is 0. The van der Waals surface area contributed by atoms with E-state index < -0.39 is 5.66 Å². The van der Waals surface area contributed by atoms with Crippen LogP contribution in [0.15, 0.2) is 30.3 Å². The highest BCUT2D eigenvalue weighted by molar-refractivity contribution is 5.17. The minimum absolute atomic E-state index is 0.443. The summed E-state index contributed by atoms with van der Waals surface area (Å²) in [4.78, 5) is 1.97. The molecule has 0 radical (unpaired) electrons. The van der Waals surface area contributed by atoms with Crippen LogP contribution in [0, 0.1) is 0 Å². The second-order valence-corrected chi connectivity index (χ2v) is 3.86. The molecule has 0 aliphatic heterocycles. The van der Waals surface area contributed by atoms with Crippen molar-refractivity contribution in [1.82, 2.24) is 4.90 Å². The van der Waals surface area contributed by atoms with Crippen LogP contribution < -0.4 is 11.5 Å². The van der Waals surface area contributed by atoms with Crippen molar-refractivity contribution < 1.29 is 0 Å². The van der Waals surface area contributed by atoms with Crippen molar-refractivity contribution in [1.29, 1.82) is 0 Å². The predicted octanol–water partition coefficient (Wildman–Crippen LogP) is 0.404. The van der Waals surface area contributed by atoms with Gasteiger partial charge >= 0.3 is 0 Å². The standard InChI is InChI=1S/C11H19N3/c1-14(2)11(13,9-12)8-10-6-4-3-5-7-10/h3-7H,8-9,12-13H2,1-2H3. The van der Waals surface area contributed by atoms with E-state index in [1.165, 1.54) is 5.56 Å². The Kier molecular flexibility index (Phi) is 3.63. The number of likely N-dealkylation sites (N-methyl/N-ethyl adjacent to an activating group) is 1. The Morgan fingerprint density at radius 3 is 2.21 bits per heavy atom. The molecule has 0 saturated heterocycles. The van der Waals surface area contributed by atoms with Crippen molar-refractivity contribution in [3.8, 4) is 0 Å². The van der Waals surface area contributed by atoms with Gasteiger partial charge in [-0.05, 0) is 19.7 Å². The fourth-order valence-corrected chi connectivity index (χ4v) is 1.36. The third-order valence-electron chi connectivity index (χ3n) is 2.60. The van der Waals surface area contributed by atoms with E-state index in [1.54, 1.807) is 0 Å². The lowest BCUT2D eigenvalue weighted by Gasteiger charge is -2.35. The molecule has 0 aromatic heterocycles. The molecule has 3 heteroatoms. The SMILES string of the molecule is CN(C)C(N)(CN)Cc1ccccc1. The number of rotatable bonds is 4. The Morgan fingerprint density at radius 1 is 1.21 bits per heavy atom. The molecule has 1 atom stereocenters. The Balaban J connectivity index is 2.76. The molecule has 0 aliphatic carbocycles. The van der Waals surface area contributed by atoms with E-state index in [1.807, 2.05) is 37.2 Å². The van der Waals surface area contributed by atoms with Gasteiger partial charge in [-0.25, -0.2) is 0 Å². The van der Waals surface area contributed by atoms with Gasteiger partial charge in [0.1, 0.15) is 0 Å². The molecular weight excluding hydrogens is 174 g/mol. The number of hydrogen-bond donors (Lipinski definition) is 2. The zero-order valence-electron chi connectivity index (χ0n) is 8.90. The van der Waals surface area contributed by atoms with Gasteiger partial charge in [0.05, 0.1) is 5.66 Å². The lowest BCUT2D eigenvalue weighted by molar-refractivity contribution is 0.166. The van der Waals surface area contributed by atoms with Gasteiger partial charge in [0, 0.05) is 13.0 Å². The average molecular weight is 193 g/mol. The quantitative estimate of drug-likeness (QED) is 0.681. The van der Waals surface area contributed by atoms with E-state index in [9.17, 15) is 0 Å². The van der Waals surface area contributed by atoms with E-state index >= 15 is 0 Å². The van der Waals surface area contributed by atoms with E-state index in [4.69, 9.17) is 11.5 Å². The summed E-state index contributed by atoms with van der Waals surface area (Å²) in [6.45, 7) is 0.453. The van der Waals surface area contributed by atoms with Crippen molar-refractivity contribution in [3.05, 3.63) is 35.9 Å². The van der Waals surface area contributed by atoms with Gasteiger partial charge in [-0.15, -0.1) is 0 Å². The van der Waals surface area contributed by atoms with Crippen LogP contribution in [0.1, 0.15) is 5.56 Å². The van der Waals surface area contributed by atoms with Gasteiger partial charge in [-0.1, -0.05) is 30.3 Å². The molecule has 1 aromatic carbocycles. The third kappa shape index (κ3) is 2.54. The molecule has 0 saturated carbocycles. The van der Waals surface area contributed by atoms with Gasteiger partial charge in [-0.3, -0.25) is 4.90 Å². The number of nitrogens with two attached hydrogens (primary N) is 2. The summed E-state index contributed by atoms with van der Waals surface area (Å²) in [6.07, 6.45) is 0.775. The van der Waals surface area contributed by atoms with Crippen molar-refractivity contribution in [2.75, 3.05) is 20.6 Å². The van der Waals surface area contributed by atoms with Crippen LogP contribution in [-0.2, 0) is 6.42 Å². The third-order valence-corrected chi connectivity index (χ3v) is 2.60. The molecule has 14 heavy (non-hydrogen) atoms. The lowest BCUT2D eigenvalue weighted by atomic mass is 9.99. The maximum atomic E-state index is 6.17. The van der Waals surface area contributed by atoms with E-state index in [-0.39, 0.29) is 0 Å². The molecule has 3 nitrogen and oxygen atoms in total. The highest BCUT2D eigenvalue weighted by atomic mass is 15.2. The number of hydrogen-bond acceptors (Lipinski definition) is 3. The summed E-state index contributed by atoms with van der Waals surface area (Å²) in [5.41, 5.74) is 12.6. The van der Waals surface area contributed by atoms with Crippen LogP contribution in [-0.4, -0.2) is 31.2 Å². The minimum Gasteiger partial charge on any atom is -0.328 e. The molecule has 0 amide bonds. The highest BCUT2D eigenvalue weighted by Gasteiger charge is 2.25. The predicted molar refractivity (Wildman–Crippen MR) is 59.8 cm³/mol. The first-order valence-electron chi connectivity index (χ1n) is 4.79. The van der Waals surface area contributed by atoms with Gasteiger partial charge in [0.15, 0.2) is 0 Å². The summed E-state index contributed by atoms with van der Waals surface area (Å²) in [7, 11) is 3.91. The van der Waals surface area contributed by atoms with Crippen LogP contribution in [0.4, 0.5) is 0 Å². The van der Waals surface area contributed by atoms with Crippen LogP contribution in [0.2, 0.25) is 0 Å². The van der Waals surface area contributed by atoms with E-state index in [0.717, 1.165) is 6.42 Å². The summed E-state index contributed by atoms with van der Waals surface area (Å²) >= 11 is 0. The second kappa shape index (κ2) is 4.55. The van der Waals surface area contributed by atoms with Crippen molar-refractivity contribution in [3.63, 3.8) is 0 Å². The fourth-order valence-electron chi connectivity index (χ4n) is 1.36. The average Bonchev–Trinajstić information content (AvgIpc) is 2.19. The van der Waals surface area contributed by atoms with Crippen LogP contribution in [0.3, 0.4) is 0 Å². The maximum Gasteiger partial charge on any atom is 0.0849 e. The first kappa shape index (κ1) is 11.2. The van der Waals surface area contributed by atoms with Gasteiger partial charge < -0.3 is 11.5 Å². The summed E-state index contributed by atoms with van der Waals surface area (Å²) in [5.74, 6) is 0. The molecule has 0 bridgehead atoms. The van der Waals surface area contributed by atoms with Crippen LogP contribution in [0.5, 0.6) is 0 Å². The maximum absolute atomic E-state index is 6.17. The molecule has 0 heterocycles. The van der Waals surface area contributed by atoms with Crippen molar-refractivity contribution in [2.24, 2.45) is 11.5 Å². The Bertz CT molecular complexity index is 271. The molecule has 78 valence electrons. The zero-order valence-corrected chi connectivity index (χ0v) is 8.90. The molecule has 1 unspecified atom stereocenters. The summed E-state index contributed by atoms with van der Waals surface area (Å²) < 4.78 is 0. The Labute approximate surface area is 85.7 Å². The number of benzene rings is 1. The molecule has 0 spiro atoms. The van der Waals surface area contributed by atoms with Crippen molar-refractivity contribution >= 4 is 0 Å². The Morgan fingerprint density at radius 2 is 1.79 bits per heavy atom. The minimum atomic E-state index is -0.443. The molecule has 1 rings (SSSR count). The zero-order chi connectivity index (χ0) is 10.6. The summed E-state index contributed by atoms with van der Waals surface area (Å²) in [6, 6.07) is 10.2. The van der Waals surface area contributed by atoms with Gasteiger partial charge in [0.25, 0.3) is 0 Å². The smallest absolute Gasteiger partial charge is 0.0849 e. The monoisotopic (exact) mass is 193 g/mol. The van der Waals surface area contributed by atoms with Crippen LogP contribution in [0.25, 0.3) is 0 Å². The van der Waals surface area contributed by atoms with Gasteiger partial charge in [0.2, 0.25) is 0 Å². The van der Waals surface area contributed by atoms with E-state index in [2.05, 4.69) is 12.1 Å². The lowest BCUT2D eigenvalue weighted by Crippen LogP contribution is -2.59. The highest BCUT2D eigenvalue weighted by Crippen LogP contribution is 2.11. The topological polar surface area (TPSA) is 55.3 Å². The molecule has 0 fully saturated rings. The Hall–Kier alpha value is -0.900. The molecule has 4 N–H and O–H groups in total. The molecule has 1 aromatic rings. The number of nitrogens with zero attached hydrogens (tertiary/aromatic N) is 1. The first-order valence-corrected chi connectivity index (χ1v) is 4.79. The van der Waals surface area contributed by atoms with Crippen molar-refractivity contribution in [2.45, 2.75) is 12.1 Å². The van der Waals surface area contributed by atoms with E-state index in [0.29, 0.717) is 6.54 Å². The normalized spacial score (nSPS) is 15.5.